The first-order valence-corrected chi connectivity index (χ1v) is 17.4. The van der Waals surface area contributed by atoms with E-state index in [1.807, 2.05) is 24.3 Å². The SMILES string of the molecule is CC(C)(C)[C@H]1CCc2nc3sc(C(=O)C[C@H](CCN4CCCCC4)c4cccc(NS(C)(=O)=O)c4)cc3cc2C1.[NH4+]. The van der Waals surface area contributed by atoms with Crippen LogP contribution < -0.4 is 10.9 Å². The highest BCUT2D eigenvalue weighted by Gasteiger charge is 2.30. The van der Waals surface area contributed by atoms with Gasteiger partial charge in [-0.2, -0.15) is 0 Å². The number of ketones is 1. The monoisotopic (exact) mass is 599 g/mol. The van der Waals surface area contributed by atoms with Gasteiger partial charge in [-0.25, -0.2) is 13.4 Å². The number of rotatable bonds is 9. The van der Waals surface area contributed by atoms with Crippen molar-refractivity contribution in [1.82, 2.24) is 16.0 Å². The van der Waals surface area contributed by atoms with Crippen LogP contribution in [-0.4, -0.2) is 50.0 Å². The number of quaternary nitrogens is 1. The van der Waals surface area contributed by atoms with Crippen LogP contribution in [0.2, 0.25) is 0 Å². The molecule has 2 aromatic heterocycles. The second kappa shape index (κ2) is 12.9. The molecule has 5 rings (SSSR count). The molecular weight excluding hydrogens is 553 g/mol. The van der Waals surface area contributed by atoms with Gasteiger partial charge < -0.3 is 11.1 Å². The predicted octanol–water partition coefficient (Wildman–Crippen LogP) is 7.43. The van der Waals surface area contributed by atoms with E-state index >= 15 is 0 Å². The quantitative estimate of drug-likeness (QED) is 0.248. The Morgan fingerprint density at radius 3 is 2.61 bits per heavy atom. The second-order valence-corrected chi connectivity index (χ2v) is 15.7. The van der Waals surface area contributed by atoms with Crippen LogP contribution in [0.15, 0.2) is 36.4 Å². The van der Waals surface area contributed by atoms with Crippen molar-refractivity contribution in [2.45, 2.75) is 78.1 Å². The highest BCUT2D eigenvalue weighted by atomic mass is 32.2. The Morgan fingerprint density at radius 2 is 1.90 bits per heavy atom. The zero-order chi connectivity index (χ0) is 28.5. The number of benzene rings is 1. The van der Waals surface area contributed by atoms with Crippen LogP contribution in [0, 0.1) is 11.3 Å². The maximum atomic E-state index is 13.7. The largest absolute Gasteiger partial charge is 0.369 e. The number of hydrogen-bond donors (Lipinski definition) is 2. The number of carbonyl (C=O) groups excluding carboxylic acids is 1. The zero-order valence-corrected chi connectivity index (χ0v) is 27.0. The summed E-state index contributed by atoms with van der Waals surface area (Å²) in [5.74, 6) is 0.793. The first kappa shape index (κ1) is 31.6. The summed E-state index contributed by atoms with van der Waals surface area (Å²) in [6.45, 7) is 10.1. The van der Waals surface area contributed by atoms with Gasteiger partial charge in [0.1, 0.15) is 4.83 Å². The third kappa shape index (κ3) is 8.15. The average molecular weight is 600 g/mol. The number of aryl methyl sites for hydroxylation is 1. The Bertz CT molecular complexity index is 1470. The van der Waals surface area contributed by atoms with E-state index in [9.17, 15) is 13.2 Å². The lowest BCUT2D eigenvalue weighted by atomic mass is 9.71. The number of thiophene rings is 1. The van der Waals surface area contributed by atoms with Gasteiger partial charge in [0.2, 0.25) is 10.0 Å². The topological polar surface area (TPSA) is 116 Å². The maximum Gasteiger partial charge on any atom is 0.229 e. The van der Waals surface area contributed by atoms with E-state index in [0.29, 0.717) is 18.0 Å². The second-order valence-electron chi connectivity index (χ2n) is 12.9. The number of nitrogens with one attached hydrogen (secondary N) is 1. The fourth-order valence-corrected chi connectivity index (χ4v) is 7.84. The molecule has 2 aliphatic rings. The number of hydrogen-bond acceptors (Lipinski definition) is 6. The minimum absolute atomic E-state index is 0. The molecule has 3 heterocycles. The van der Waals surface area contributed by atoms with Crippen molar-refractivity contribution in [3.05, 3.63) is 58.1 Å². The van der Waals surface area contributed by atoms with Gasteiger partial charge in [0, 0.05) is 23.2 Å². The molecule has 0 bridgehead atoms. The standard InChI is InChI=1S/C32H43N3O3S2.H3N/c1-32(2,3)26-11-12-28-24(18-26)17-25-21-30(39-31(25)33-28)29(36)20-23(13-16-35-14-6-5-7-15-35)22-9-8-10-27(19-22)34-40(4,37)38;/h8-10,17,19,21,23,26,34H,5-7,11-16,18,20H2,1-4H3;1H3/p+1/t23-,26-;/m0./s1. The van der Waals surface area contributed by atoms with Crippen molar-refractivity contribution in [3.63, 3.8) is 0 Å². The van der Waals surface area contributed by atoms with Crippen LogP contribution in [0.3, 0.4) is 0 Å². The molecule has 224 valence electrons. The van der Waals surface area contributed by atoms with Gasteiger partial charge in [-0.05, 0) is 111 Å². The summed E-state index contributed by atoms with van der Waals surface area (Å²) >= 11 is 1.52. The summed E-state index contributed by atoms with van der Waals surface area (Å²) in [4.78, 5) is 23.0. The molecule has 9 heteroatoms. The third-order valence-corrected chi connectivity index (χ3v) is 10.4. The van der Waals surface area contributed by atoms with Gasteiger partial charge in [0.05, 0.1) is 11.1 Å². The van der Waals surface area contributed by atoms with Crippen molar-refractivity contribution in [1.29, 1.82) is 0 Å². The fourth-order valence-electron chi connectivity index (χ4n) is 6.30. The molecule has 5 N–H and O–H groups in total. The minimum atomic E-state index is -3.38. The molecule has 3 aromatic rings. The Hall–Kier alpha value is -2.33. The number of Topliss-reactive ketones (excluding diaryl/α,β-unsaturated/α-hetero) is 1. The Labute approximate surface area is 249 Å². The molecule has 1 aromatic carbocycles. The summed E-state index contributed by atoms with van der Waals surface area (Å²) in [5, 5.41) is 1.07. The van der Waals surface area contributed by atoms with Crippen LogP contribution >= 0.6 is 11.3 Å². The van der Waals surface area contributed by atoms with Crippen LogP contribution in [-0.2, 0) is 22.9 Å². The van der Waals surface area contributed by atoms with Gasteiger partial charge >= 0.3 is 0 Å². The van der Waals surface area contributed by atoms with Crippen LogP contribution in [0.1, 0.15) is 91.7 Å². The number of carbonyl (C=O) groups is 1. The third-order valence-electron chi connectivity index (χ3n) is 8.71. The summed E-state index contributed by atoms with van der Waals surface area (Å²) in [6, 6.07) is 11.9. The van der Waals surface area contributed by atoms with Crippen molar-refractivity contribution in [2.75, 3.05) is 30.6 Å². The smallest absolute Gasteiger partial charge is 0.229 e. The molecule has 7 nitrogen and oxygen atoms in total. The van der Waals surface area contributed by atoms with E-state index in [0.717, 1.165) is 72.2 Å². The lowest BCUT2D eigenvalue weighted by molar-refractivity contribution is 0.0973. The molecule has 1 aliphatic carbocycles. The normalized spacial score (nSPS) is 18.9. The number of nitrogens with zero attached hydrogens (tertiary/aromatic N) is 2. The summed E-state index contributed by atoms with van der Waals surface area (Å²) in [6.07, 6.45) is 9.39. The van der Waals surface area contributed by atoms with E-state index in [1.165, 1.54) is 41.9 Å². The number of likely N-dealkylation sites (tertiary alicyclic amines) is 1. The van der Waals surface area contributed by atoms with E-state index < -0.39 is 10.0 Å². The highest BCUT2D eigenvalue weighted by molar-refractivity contribution is 7.92. The van der Waals surface area contributed by atoms with Crippen LogP contribution in [0.25, 0.3) is 10.2 Å². The molecule has 0 unspecified atom stereocenters. The first-order valence-electron chi connectivity index (χ1n) is 14.7. The van der Waals surface area contributed by atoms with E-state index in [-0.39, 0.29) is 23.3 Å². The molecule has 0 amide bonds. The first-order chi connectivity index (χ1) is 18.9. The van der Waals surface area contributed by atoms with Crippen LogP contribution in [0.4, 0.5) is 5.69 Å². The molecule has 0 spiro atoms. The average Bonchev–Trinajstić information content (AvgIpc) is 3.31. The lowest BCUT2D eigenvalue weighted by Gasteiger charge is -2.34. The van der Waals surface area contributed by atoms with Gasteiger partial charge in [-0.1, -0.05) is 39.3 Å². The number of sulfonamides is 1. The minimum Gasteiger partial charge on any atom is -0.369 e. The Morgan fingerprint density at radius 1 is 1.15 bits per heavy atom. The number of anilines is 1. The lowest BCUT2D eigenvalue weighted by Crippen LogP contribution is -2.31. The molecule has 1 saturated heterocycles. The fraction of sp³-hybridized carbons (Fsp3) is 0.562. The summed E-state index contributed by atoms with van der Waals surface area (Å²) < 4.78 is 26.3. The van der Waals surface area contributed by atoms with Gasteiger partial charge in [0.15, 0.2) is 5.78 Å². The van der Waals surface area contributed by atoms with Crippen molar-refractivity contribution in [3.8, 4) is 0 Å². The molecule has 0 saturated carbocycles. The van der Waals surface area contributed by atoms with Crippen molar-refractivity contribution in [2.24, 2.45) is 11.3 Å². The number of piperidine rings is 1. The summed E-state index contributed by atoms with van der Waals surface area (Å²) in [7, 11) is -3.38. The van der Waals surface area contributed by atoms with E-state index in [2.05, 4.69) is 36.5 Å². The molecule has 1 aliphatic heterocycles. The summed E-state index contributed by atoms with van der Waals surface area (Å²) in [5.41, 5.74) is 4.36. The van der Waals surface area contributed by atoms with Crippen molar-refractivity contribution < 1.29 is 13.2 Å². The van der Waals surface area contributed by atoms with Crippen molar-refractivity contribution >= 4 is 43.0 Å². The number of fused-ring (bicyclic) bond motifs is 2. The number of pyridine rings is 1. The van der Waals surface area contributed by atoms with Gasteiger partial charge in [-0.15, -0.1) is 11.3 Å². The highest BCUT2D eigenvalue weighted by Crippen LogP contribution is 2.39. The molecule has 0 radical (unpaired) electrons. The van der Waals surface area contributed by atoms with E-state index in [1.54, 1.807) is 6.07 Å². The maximum absolute atomic E-state index is 13.7. The molecule has 41 heavy (non-hydrogen) atoms. The van der Waals surface area contributed by atoms with Gasteiger partial charge in [0.25, 0.3) is 0 Å². The predicted molar refractivity (Wildman–Crippen MR) is 172 cm³/mol. The number of aromatic nitrogens is 1. The zero-order valence-electron chi connectivity index (χ0n) is 25.3. The molecule has 1 fully saturated rings. The van der Waals surface area contributed by atoms with E-state index in [4.69, 9.17) is 4.98 Å². The Kier molecular flexibility index (Phi) is 9.94. The molecule has 2 atom stereocenters. The Balaban J connectivity index is 0.00000387. The van der Waals surface area contributed by atoms with Gasteiger partial charge in [-0.3, -0.25) is 9.52 Å². The van der Waals surface area contributed by atoms with Crippen LogP contribution in [0.5, 0.6) is 0 Å². The molecular formula is C32H47N4O3S2+.